The highest BCUT2D eigenvalue weighted by molar-refractivity contribution is 5.81. The third-order valence-electron chi connectivity index (χ3n) is 2.77. The van der Waals surface area contributed by atoms with E-state index in [4.69, 9.17) is 0 Å². The second kappa shape index (κ2) is 7.74. The maximum absolute atomic E-state index is 13.9. The summed E-state index contributed by atoms with van der Waals surface area (Å²) in [7, 11) is 3.53. The number of benzene rings is 1. The number of hydrogen-bond acceptors (Lipinski definition) is 3. The normalized spacial score (nSPS) is 10.3. The van der Waals surface area contributed by atoms with Crippen molar-refractivity contribution in [3.63, 3.8) is 0 Å². The van der Waals surface area contributed by atoms with E-state index >= 15 is 0 Å². The molecule has 0 aliphatic rings. The van der Waals surface area contributed by atoms with Crippen molar-refractivity contribution in [2.45, 2.75) is 19.9 Å². The molecule has 1 aromatic rings. The number of nitrogens with zero attached hydrogens (tertiary/aromatic N) is 1. The lowest BCUT2D eigenvalue weighted by molar-refractivity contribution is -0.119. The molecule has 0 saturated carbocycles. The van der Waals surface area contributed by atoms with E-state index in [1.54, 1.807) is 18.0 Å². The average molecular weight is 267 g/mol. The van der Waals surface area contributed by atoms with Gasteiger partial charge in [-0.3, -0.25) is 4.79 Å². The highest BCUT2D eigenvalue weighted by Crippen LogP contribution is 2.23. The molecule has 0 spiro atoms. The number of hydrogen-bond donors (Lipinski definition) is 2. The average Bonchev–Trinajstić information content (AvgIpc) is 2.36. The van der Waals surface area contributed by atoms with Gasteiger partial charge in [-0.2, -0.15) is 0 Å². The summed E-state index contributed by atoms with van der Waals surface area (Å²) in [5, 5.41) is 5.79. The summed E-state index contributed by atoms with van der Waals surface area (Å²) in [6.45, 7) is 3.35. The van der Waals surface area contributed by atoms with E-state index in [0.717, 1.165) is 12.0 Å². The Kier molecular flexibility index (Phi) is 6.29. The second-order valence-electron chi connectivity index (χ2n) is 4.48. The van der Waals surface area contributed by atoms with Crippen molar-refractivity contribution in [2.24, 2.45) is 0 Å². The van der Waals surface area contributed by atoms with Crippen LogP contribution in [0.2, 0.25) is 0 Å². The molecule has 0 aliphatic carbocycles. The Morgan fingerprint density at radius 3 is 2.79 bits per heavy atom. The van der Waals surface area contributed by atoms with Gasteiger partial charge in [0.15, 0.2) is 0 Å². The summed E-state index contributed by atoms with van der Waals surface area (Å²) in [5.74, 6) is -0.401. The highest BCUT2D eigenvalue weighted by Gasteiger charge is 2.14. The van der Waals surface area contributed by atoms with Crippen LogP contribution >= 0.6 is 0 Å². The number of halogens is 1. The van der Waals surface area contributed by atoms with Gasteiger partial charge in [0, 0.05) is 20.1 Å². The first-order valence-corrected chi connectivity index (χ1v) is 6.50. The molecule has 0 saturated heterocycles. The molecular formula is C14H22FN3O. The van der Waals surface area contributed by atoms with Crippen LogP contribution in [0, 0.1) is 5.82 Å². The Bertz CT molecular complexity index is 423. The fourth-order valence-electron chi connectivity index (χ4n) is 1.94. The number of para-hydroxylation sites is 1. The van der Waals surface area contributed by atoms with E-state index in [9.17, 15) is 9.18 Å². The summed E-state index contributed by atoms with van der Waals surface area (Å²) in [6, 6.07) is 4.95. The van der Waals surface area contributed by atoms with Crippen molar-refractivity contribution in [1.29, 1.82) is 0 Å². The number of carbonyl (C=O) groups is 1. The zero-order valence-corrected chi connectivity index (χ0v) is 11.8. The van der Waals surface area contributed by atoms with Gasteiger partial charge in [-0.1, -0.05) is 19.1 Å². The lowest BCUT2D eigenvalue weighted by Crippen LogP contribution is -2.36. The first kappa shape index (κ1) is 15.4. The number of nitrogens with one attached hydrogen (secondary N) is 2. The zero-order valence-electron chi connectivity index (χ0n) is 11.8. The van der Waals surface area contributed by atoms with Crippen molar-refractivity contribution in [3.05, 3.63) is 29.6 Å². The zero-order chi connectivity index (χ0) is 14.3. The molecule has 0 unspecified atom stereocenters. The topological polar surface area (TPSA) is 44.4 Å². The van der Waals surface area contributed by atoms with E-state index in [1.165, 1.54) is 6.07 Å². The fourth-order valence-corrected chi connectivity index (χ4v) is 1.94. The third-order valence-corrected chi connectivity index (χ3v) is 2.77. The van der Waals surface area contributed by atoms with Crippen molar-refractivity contribution < 1.29 is 9.18 Å². The van der Waals surface area contributed by atoms with Crippen LogP contribution in [0.25, 0.3) is 0 Å². The minimum atomic E-state index is -0.307. The largest absolute Gasteiger partial charge is 0.363 e. The van der Waals surface area contributed by atoms with E-state index in [2.05, 4.69) is 10.6 Å². The van der Waals surface area contributed by atoms with Gasteiger partial charge in [-0.05, 0) is 25.1 Å². The van der Waals surface area contributed by atoms with Crippen molar-refractivity contribution in [3.8, 4) is 0 Å². The van der Waals surface area contributed by atoms with Crippen LogP contribution in [0.5, 0.6) is 0 Å². The molecule has 4 nitrogen and oxygen atoms in total. The van der Waals surface area contributed by atoms with Gasteiger partial charge < -0.3 is 15.5 Å². The maximum Gasteiger partial charge on any atom is 0.239 e. The van der Waals surface area contributed by atoms with Gasteiger partial charge >= 0.3 is 0 Å². The number of amides is 1. The van der Waals surface area contributed by atoms with Crippen molar-refractivity contribution in [1.82, 2.24) is 10.6 Å². The molecule has 2 N–H and O–H groups in total. The quantitative estimate of drug-likeness (QED) is 0.787. The SMILES string of the molecule is CCCNC(=O)CN(C)c1c(F)cccc1CNC. The molecule has 0 fully saturated rings. The first-order valence-electron chi connectivity index (χ1n) is 6.50. The smallest absolute Gasteiger partial charge is 0.239 e. The number of rotatable bonds is 7. The molecule has 5 heteroatoms. The van der Waals surface area contributed by atoms with Crippen LogP contribution in [-0.2, 0) is 11.3 Å². The molecular weight excluding hydrogens is 245 g/mol. The minimum Gasteiger partial charge on any atom is -0.363 e. The van der Waals surface area contributed by atoms with Gasteiger partial charge in [0.05, 0.1) is 12.2 Å². The molecule has 19 heavy (non-hydrogen) atoms. The second-order valence-corrected chi connectivity index (χ2v) is 4.48. The Balaban J connectivity index is 2.80. The monoisotopic (exact) mass is 267 g/mol. The molecule has 1 rings (SSSR count). The lowest BCUT2D eigenvalue weighted by atomic mass is 10.1. The maximum atomic E-state index is 13.9. The van der Waals surface area contributed by atoms with E-state index in [-0.39, 0.29) is 18.3 Å². The van der Waals surface area contributed by atoms with Gasteiger partial charge in [-0.25, -0.2) is 4.39 Å². The van der Waals surface area contributed by atoms with Crippen LogP contribution in [-0.4, -0.2) is 33.1 Å². The number of likely N-dealkylation sites (N-methyl/N-ethyl adjacent to an activating group) is 1. The van der Waals surface area contributed by atoms with Gasteiger partial charge in [-0.15, -0.1) is 0 Å². The Morgan fingerprint density at radius 1 is 1.42 bits per heavy atom. The predicted molar refractivity (Wildman–Crippen MR) is 75.7 cm³/mol. The first-order chi connectivity index (χ1) is 9.10. The van der Waals surface area contributed by atoms with Gasteiger partial charge in [0.2, 0.25) is 5.91 Å². The Labute approximate surface area is 114 Å². The molecule has 0 aromatic heterocycles. The highest BCUT2D eigenvalue weighted by atomic mass is 19.1. The molecule has 0 bridgehead atoms. The molecule has 0 radical (unpaired) electrons. The minimum absolute atomic E-state index is 0.0944. The van der Waals surface area contributed by atoms with Crippen LogP contribution < -0.4 is 15.5 Å². The summed E-state index contributed by atoms with van der Waals surface area (Å²) in [5.41, 5.74) is 1.32. The predicted octanol–water partition coefficient (Wildman–Crippen LogP) is 1.51. The molecule has 0 aliphatic heterocycles. The van der Waals surface area contributed by atoms with E-state index < -0.39 is 0 Å². The summed E-state index contributed by atoms with van der Waals surface area (Å²) >= 11 is 0. The van der Waals surface area contributed by atoms with E-state index in [1.807, 2.05) is 20.0 Å². The molecule has 1 aromatic carbocycles. The van der Waals surface area contributed by atoms with Crippen LogP contribution in [0.3, 0.4) is 0 Å². The standard InChI is InChI=1S/C14H22FN3O/c1-4-8-17-13(19)10-18(3)14-11(9-16-2)6-5-7-12(14)15/h5-7,16H,4,8-10H2,1-3H3,(H,17,19). The fraction of sp³-hybridized carbons (Fsp3) is 0.500. The van der Waals surface area contributed by atoms with E-state index in [0.29, 0.717) is 18.8 Å². The van der Waals surface area contributed by atoms with Crippen LogP contribution in [0.15, 0.2) is 18.2 Å². The van der Waals surface area contributed by atoms with Crippen LogP contribution in [0.4, 0.5) is 10.1 Å². The summed E-state index contributed by atoms with van der Waals surface area (Å²) in [6.07, 6.45) is 0.889. The van der Waals surface area contributed by atoms with Crippen molar-refractivity contribution >= 4 is 11.6 Å². The number of anilines is 1. The molecule has 106 valence electrons. The van der Waals surface area contributed by atoms with Gasteiger partial charge in [0.1, 0.15) is 5.82 Å². The summed E-state index contributed by atoms with van der Waals surface area (Å²) < 4.78 is 13.9. The molecule has 0 heterocycles. The third kappa shape index (κ3) is 4.52. The molecule has 1 amide bonds. The van der Waals surface area contributed by atoms with Crippen LogP contribution in [0.1, 0.15) is 18.9 Å². The van der Waals surface area contributed by atoms with Crippen molar-refractivity contribution in [2.75, 3.05) is 32.1 Å². The summed E-state index contributed by atoms with van der Waals surface area (Å²) in [4.78, 5) is 13.3. The molecule has 0 atom stereocenters. The Morgan fingerprint density at radius 2 is 2.16 bits per heavy atom. The Hall–Kier alpha value is -1.62. The lowest BCUT2D eigenvalue weighted by Gasteiger charge is -2.22. The van der Waals surface area contributed by atoms with Gasteiger partial charge in [0.25, 0.3) is 0 Å². The number of carbonyl (C=O) groups excluding carboxylic acids is 1.